The Morgan fingerprint density at radius 1 is 1.00 bits per heavy atom. The zero-order valence-electron chi connectivity index (χ0n) is 11.9. The number of halogens is 3. The van der Waals surface area contributed by atoms with Crippen LogP contribution in [0.25, 0.3) is 0 Å². The molecule has 0 saturated heterocycles. The summed E-state index contributed by atoms with van der Waals surface area (Å²) in [5.41, 5.74) is -1.40. The van der Waals surface area contributed by atoms with Gasteiger partial charge in [0.25, 0.3) is 0 Å². The predicted octanol–water partition coefficient (Wildman–Crippen LogP) is 3.09. The van der Waals surface area contributed by atoms with E-state index in [1.54, 1.807) is 0 Å². The fraction of sp³-hybridized carbons (Fsp3) is 0.467. The van der Waals surface area contributed by atoms with E-state index in [0.29, 0.717) is 0 Å². The largest absolute Gasteiger partial charge is 0.418 e. The van der Waals surface area contributed by atoms with Crippen molar-refractivity contribution in [1.29, 1.82) is 0 Å². The van der Waals surface area contributed by atoms with Crippen molar-refractivity contribution in [3.63, 3.8) is 0 Å². The van der Waals surface area contributed by atoms with Crippen molar-refractivity contribution in [1.82, 2.24) is 5.32 Å². The van der Waals surface area contributed by atoms with Gasteiger partial charge in [0.1, 0.15) is 0 Å². The molecule has 7 heteroatoms. The predicted molar refractivity (Wildman–Crippen MR) is 75.1 cm³/mol. The van der Waals surface area contributed by atoms with Gasteiger partial charge in [-0.05, 0) is 25.0 Å². The van der Waals surface area contributed by atoms with E-state index in [9.17, 15) is 22.8 Å². The number of hydrogen-bond acceptors (Lipinski definition) is 2. The number of amides is 2. The van der Waals surface area contributed by atoms with E-state index in [0.717, 1.165) is 44.2 Å². The normalized spacial score (nSPS) is 16.1. The fourth-order valence-corrected chi connectivity index (χ4v) is 2.52. The molecule has 0 unspecified atom stereocenters. The summed E-state index contributed by atoms with van der Waals surface area (Å²) in [5, 5.41) is 4.60. The van der Waals surface area contributed by atoms with Gasteiger partial charge in [-0.1, -0.05) is 31.4 Å². The molecule has 0 aromatic heterocycles. The molecule has 0 bridgehead atoms. The van der Waals surface area contributed by atoms with Crippen LogP contribution in [-0.2, 0) is 15.8 Å². The minimum absolute atomic E-state index is 0.0788. The lowest BCUT2D eigenvalue weighted by molar-refractivity contribution is -0.138. The van der Waals surface area contributed by atoms with Gasteiger partial charge in [0.15, 0.2) is 0 Å². The van der Waals surface area contributed by atoms with Gasteiger partial charge in [0.2, 0.25) is 0 Å². The Morgan fingerprint density at radius 3 is 2.27 bits per heavy atom. The zero-order chi connectivity index (χ0) is 16.2. The molecule has 1 fully saturated rings. The van der Waals surface area contributed by atoms with Crippen LogP contribution in [0.3, 0.4) is 0 Å². The molecule has 2 amide bonds. The number of benzene rings is 1. The Labute approximate surface area is 126 Å². The maximum Gasteiger partial charge on any atom is 0.418 e. The summed E-state index contributed by atoms with van der Waals surface area (Å²) in [6, 6.07) is 4.48. The standard InChI is InChI=1S/C15H17F3N2O2/c16-15(17,18)11-8-4-5-9-12(11)20-14(22)13(21)19-10-6-2-1-3-7-10/h4-5,8-10H,1-3,6-7H2,(H,19,21)(H,20,22). The summed E-state index contributed by atoms with van der Waals surface area (Å²) in [5.74, 6) is -1.98. The quantitative estimate of drug-likeness (QED) is 0.824. The van der Waals surface area contributed by atoms with Gasteiger partial charge in [-0.15, -0.1) is 0 Å². The second-order valence-electron chi connectivity index (χ2n) is 5.31. The van der Waals surface area contributed by atoms with Crippen LogP contribution in [0.2, 0.25) is 0 Å². The van der Waals surface area contributed by atoms with Gasteiger partial charge in [-0.3, -0.25) is 9.59 Å². The molecule has 1 aliphatic rings. The van der Waals surface area contributed by atoms with E-state index in [1.165, 1.54) is 12.1 Å². The third-order valence-corrected chi connectivity index (χ3v) is 3.63. The second-order valence-corrected chi connectivity index (χ2v) is 5.31. The summed E-state index contributed by atoms with van der Waals surface area (Å²) < 4.78 is 38.5. The molecular formula is C15H17F3N2O2. The summed E-state index contributed by atoms with van der Waals surface area (Å²) in [4.78, 5) is 23.5. The Morgan fingerprint density at radius 2 is 1.64 bits per heavy atom. The molecule has 22 heavy (non-hydrogen) atoms. The van der Waals surface area contributed by atoms with Crippen molar-refractivity contribution >= 4 is 17.5 Å². The van der Waals surface area contributed by atoms with Crippen LogP contribution in [0.1, 0.15) is 37.7 Å². The molecule has 1 aromatic rings. The monoisotopic (exact) mass is 314 g/mol. The first-order valence-corrected chi connectivity index (χ1v) is 7.16. The van der Waals surface area contributed by atoms with E-state index >= 15 is 0 Å². The van der Waals surface area contributed by atoms with Gasteiger partial charge >= 0.3 is 18.0 Å². The molecule has 0 heterocycles. The van der Waals surface area contributed by atoms with Crippen molar-refractivity contribution in [2.75, 3.05) is 5.32 Å². The third-order valence-electron chi connectivity index (χ3n) is 3.63. The molecular weight excluding hydrogens is 297 g/mol. The Hall–Kier alpha value is -2.05. The molecule has 0 radical (unpaired) electrons. The highest BCUT2D eigenvalue weighted by Gasteiger charge is 2.34. The van der Waals surface area contributed by atoms with Crippen LogP contribution in [-0.4, -0.2) is 17.9 Å². The lowest BCUT2D eigenvalue weighted by atomic mass is 9.95. The van der Waals surface area contributed by atoms with Crippen molar-refractivity contribution in [2.24, 2.45) is 0 Å². The van der Waals surface area contributed by atoms with E-state index in [2.05, 4.69) is 5.32 Å². The lowest BCUT2D eigenvalue weighted by Crippen LogP contribution is -2.42. The first-order chi connectivity index (χ1) is 10.4. The third kappa shape index (κ3) is 4.22. The smallest absolute Gasteiger partial charge is 0.345 e. The molecule has 0 aliphatic heterocycles. The average Bonchev–Trinajstić information content (AvgIpc) is 2.47. The minimum Gasteiger partial charge on any atom is -0.345 e. The van der Waals surface area contributed by atoms with E-state index in [-0.39, 0.29) is 6.04 Å². The summed E-state index contributed by atoms with van der Waals surface area (Å²) in [6.07, 6.45) is 0.0322. The second kappa shape index (κ2) is 6.81. The molecule has 4 nitrogen and oxygen atoms in total. The Bertz CT molecular complexity index is 552. The van der Waals surface area contributed by atoms with Crippen molar-refractivity contribution in [2.45, 2.75) is 44.3 Å². The van der Waals surface area contributed by atoms with Crippen LogP contribution < -0.4 is 10.6 Å². The Kier molecular flexibility index (Phi) is 5.05. The molecule has 0 atom stereocenters. The summed E-state index contributed by atoms with van der Waals surface area (Å²) in [7, 11) is 0. The molecule has 2 N–H and O–H groups in total. The van der Waals surface area contributed by atoms with Crippen LogP contribution in [0.15, 0.2) is 24.3 Å². The maximum absolute atomic E-state index is 12.8. The molecule has 1 saturated carbocycles. The number of rotatable bonds is 2. The van der Waals surface area contributed by atoms with Crippen LogP contribution >= 0.6 is 0 Å². The summed E-state index contributed by atoms with van der Waals surface area (Å²) in [6.45, 7) is 0. The number of anilines is 1. The first kappa shape index (κ1) is 16.3. The molecule has 0 spiro atoms. The maximum atomic E-state index is 12.8. The van der Waals surface area contributed by atoms with Crippen molar-refractivity contribution in [3.8, 4) is 0 Å². The number of para-hydroxylation sites is 1. The van der Waals surface area contributed by atoms with Gasteiger partial charge < -0.3 is 10.6 Å². The Balaban J connectivity index is 2.01. The molecule has 120 valence electrons. The van der Waals surface area contributed by atoms with Gasteiger partial charge in [-0.25, -0.2) is 0 Å². The molecule has 2 rings (SSSR count). The first-order valence-electron chi connectivity index (χ1n) is 7.16. The van der Waals surface area contributed by atoms with Crippen LogP contribution in [0, 0.1) is 0 Å². The van der Waals surface area contributed by atoms with Crippen LogP contribution in [0.5, 0.6) is 0 Å². The highest BCUT2D eigenvalue weighted by atomic mass is 19.4. The zero-order valence-corrected chi connectivity index (χ0v) is 11.9. The van der Waals surface area contributed by atoms with E-state index in [4.69, 9.17) is 0 Å². The lowest BCUT2D eigenvalue weighted by Gasteiger charge is -2.22. The van der Waals surface area contributed by atoms with Crippen molar-refractivity contribution < 1.29 is 22.8 Å². The molecule has 1 aliphatic carbocycles. The number of carbonyl (C=O) groups excluding carboxylic acids is 2. The van der Waals surface area contributed by atoms with E-state index in [1.807, 2.05) is 5.32 Å². The topological polar surface area (TPSA) is 58.2 Å². The summed E-state index contributed by atoms with van der Waals surface area (Å²) >= 11 is 0. The van der Waals surface area contributed by atoms with Crippen molar-refractivity contribution in [3.05, 3.63) is 29.8 Å². The fourth-order valence-electron chi connectivity index (χ4n) is 2.52. The average molecular weight is 314 g/mol. The van der Waals surface area contributed by atoms with Gasteiger partial charge in [0.05, 0.1) is 11.3 Å². The number of nitrogens with one attached hydrogen (secondary N) is 2. The minimum atomic E-state index is -4.59. The number of alkyl halides is 3. The van der Waals surface area contributed by atoms with E-state index < -0.39 is 29.2 Å². The van der Waals surface area contributed by atoms with Gasteiger partial charge in [-0.2, -0.15) is 13.2 Å². The highest BCUT2D eigenvalue weighted by molar-refractivity contribution is 6.39. The van der Waals surface area contributed by atoms with Gasteiger partial charge in [0, 0.05) is 6.04 Å². The highest BCUT2D eigenvalue weighted by Crippen LogP contribution is 2.34. The van der Waals surface area contributed by atoms with Crippen LogP contribution in [0.4, 0.5) is 18.9 Å². The molecule has 1 aromatic carbocycles. The SMILES string of the molecule is O=C(Nc1ccccc1C(F)(F)F)C(=O)NC1CCCCC1. The number of carbonyl (C=O) groups is 2. The number of hydrogen-bond donors (Lipinski definition) is 2.